The average molecular weight is 479 g/mol. The molecule has 0 radical (unpaired) electrons. The quantitative estimate of drug-likeness (QED) is 0.384. The van der Waals surface area contributed by atoms with Crippen LogP contribution < -0.4 is 35.3 Å². The molecule has 182 valence electrons. The van der Waals surface area contributed by atoms with Gasteiger partial charge in [0, 0.05) is 23.0 Å². The number of benzene rings is 3. The number of carbonyl (C=O) groups excluding carboxylic acids is 3. The Morgan fingerprint density at radius 2 is 1.43 bits per heavy atom. The topological polar surface area (TPSA) is 138 Å². The lowest BCUT2D eigenvalue weighted by atomic mass is 10.1. The molecule has 3 rings (SSSR count). The summed E-state index contributed by atoms with van der Waals surface area (Å²) in [6, 6.07) is 18.5. The van der Waals surface area contributed by atoms with Crippen molar-refractivity contribution in [3.8, 4) is 23.0 Å². The van der Waals surface area contributed by atoms with Gasteiger partial charge in [-0.3, -0.25) is 14.4 Å². The number of carbonyl (C=O) groups is 3. The van der Waals surface area contributed by atoms with Gasteiger partial charge in [0.15, 0.2) is 24.7 Å². The van der Waals surface area contributed by atoms with Crippen molar-refractivity contribution in [1.82, 2.24) is 0 Å². The van der Waals surface area contributed by atoms with Gasteiger partial charge in [-0.05, 0) is 36.4 Å². The van der Waals surface area contributed by atoms with E-state index >= 15 is 0 Å². The molecule has 3 aromatic carbocycles. The number of methoxy groups -OCH3 is 2. The molecule has 0 aliphatic heterocycles. The van der Waals surface area contributed by atoms with Gasteiger partial charge in [-0.25, -0.2) is 0 Å². The number of hydrogen-bond acceptors (Lipinski definition) is 7. The molecule has 4 N–H and O–H groups in total. The van der Waals surface area contributed by atoms with Crippen molar-refractivity contribution in [3.63, 3.8) is 0 Å². The highest BCUT2D eigenvalue weighted by molar-refractivity contribution is 6.05. The molecule has 0 aliphatic carbocycles. The van der Waals surface area contributed by atoms with Crippen LogP contribution in [0.1, 0.15) is 10.4 Å². The van der Waals surface area contributed by atoms with E-state index in [9.17, 15) is 14.4 Å². The second-order valence-electron chi connectivity index (χ2n) is 7.15. The number of para-hydroxylation sites is 1. The minimum atomic E-state index is -0.671. The summed E-state index contributed by atoms with van der Waals surface area (Å²) < 4.78 is 21.5. The maximum absolute atomic E-state index is 12.9. The summed E-state index contributed by atoms with van der Waals surface area (Å²) in [7, 11) is 2.78. The van der Waals surface area contributed by atoms with Crippen molar-refractivity contribution < 1.29 is 33.3 Å². The van der Waals surface area contributed by atoms with E-state index in [2.05, 4.69) is 10.6 Å². The fourth-order valence-corrected chi connectivity index (χ4v) is 3.03. The highest BCUT2D eigenvalue weighted by Gasteiger charge is 2.19. The van der Waals surface area contributed by atoms with Gasteiger partial charge in [-0.15, -0.1) is 0 Å². The molecule has 0 spiro atoms. The fourth-order valence-electron chi connectivity index (χ4n) is 3.03. The first-order chi connectivity index (χ1) is 16.9. The van der Waals surface area contributed by atoms with Crippen LogP contribution in [0.15, 0.2) is 66.7 Å². The summed E-state index contributed by atoms with van der Waals surface area (Å²) in [5.74, 6) is -0.513. The Kier molecular flexibility index (Phi) is 8.49. The maximum atomic E-state index is 12.9. The number of amides is 3. The lowest BCUT2D eigenvalue weighted by Crippen LogP contribution is -2.20. The van der Waals surface area contributed by atoms with Crippen molar-refractivity contribution in [1.29, 1.82) is 0 Å². The van der Waals surface area contributed by atoms with Crippen LogP contribution in [0.3, 0.4) is 0 Å². The van der Waals surface area contributed by atoms with E-state index in [1.165, 1.54) is 26.4 Å². The van der Waals surface area contributed by atoms with Crippen LogP contribution in [0.5, 0.6) is 23.0 Å². The molecule has 0 atom stereocenters. The molecule has 0 saturated carbocycles. The highest BCUT2D eigenvalue weighted by Crippen LogP contribution is 2.38. The van der Waals surface area contributed by atoms with Crippen LogP contribution in [0, 0.1) is 0 Å². The zero-order valence-corrected chi connectivity index (χ0v) is 19.2. The monoisotopic (exact) mass is 479 g/mol. The standard InChI is InChI=1S/C25H25N3O7/c1-32-20-11-16(12-21(33-2)24(20)35-14-22(26)29)25(31)28-18-9-6-10-19(13-18)34-15-23(30)27-17-7-4-3-5-8-17/h3-13H,14-15H2,1-2H3,(H2,26,29)(H,27,30)(H,28,31). The Bertz CT molecular complexity index is 1170. The van der Waals surface area contributed by atoms with E-state index in [0.29, 0.717) is 17.1 Å². The number of primary amides is 1. The molecule has 0 aromatic heterocycles. The molecular weight excluding hydrogens is 454 g/mol. The number of hydrogen-bond donors (Lipinski definition) is 3. The highest BCUT2D eigenvalue weighted by atomic mass is 16.5. The normalized spacial score (nSPS) is 10.1. The third kappa shape index (κ3) is 7.13. The van der Waals surface area contributed by atoms with Gasteiger partial charge in [0.2, 0.25) is 5.75 Å². The summed E-state index contributed by atoms with van der Waals surface area (Å²) in [5, 5.41) is 5.48. The SMILES string of the molecule is COc1cc(C(=O)Nc2cccc(OCC(=O)Nc3ccccc3)c2)cc(OC)c1OCC(N)=O. The summed E-state index contributed by atoms with van der Waals surface area (Å²) in [6.07, 6.45) is 0. The summed E-state index contributed by atoms with van der Waals surface area (Å²) in [6.45, 7) is -0.581. The molecule has 0 aliphatic rings. The van der Waals surface area contributed by atoms with Gasteiger partial charge >= 0.3 is 0 Å². The van der Waals surface area contributed by atoms with Crippen LogP contribution in [-0.2, 0) is 9.59 Å². The lowest BCUT2D eigenvalue weighted by molar-refractivity contribution is -0.120. The van der Waals surface area contributed by atoms with E-state index in [1.807, 2.05) is 18.2 Å². The Hall–Kier alpha value is -4.73. The zero-order valence-electron chi connectivity index (χ0n) is 19.2. The average Bonchev–Trinajstić information content (AvgIpc) is 2.86. The van der Waals surface area contributed by atoms with Crippen molar-refractivity contribution in [2.45, 2.75) is 0 Å². The summed E-state index contributed by atoms with van der Waals surface area (Å²) in [5.41, 5.74) is 6.46. The van der Waals surface area contributed by atoms with Crippen LogP contribution in [0.25, 0.3) is 0 Å². The summed E-state index contributed by atoms with van der Waals surface area (Å²) >= 11 is 0. The van der Waals surface area contributed by atoms with E-state index in [1.54, 1.807) is 36.4 Å². The number of anilines is 2. The largest absolute Gasteiger partial charge is 0.493 e. The van der Waals surface area contributed by atoms with Gasteiger partial charge in [-0.2, -0.15) is 0 Å². The maximum Gasteiger partial charge on any atom is 0.262 e. The second kappa shape index (κ2) is 11.9. The first-order valence-electron chi connectivity index (χ1n) is 10.5. The Morgan fingerprint density at radius 1 is 0.771 bits per heavy atom. The molecule has 0 unspecified atom stereocenters. The third-order valence-electron chi connectivity index (χ3n) is 4.60. The van der Waals surface area contributed by atoms with E-state index in [0.717, 1.165) is 0 Å². The smallest absolute Gasteiger partial charge is 0.262 e. The number of ether oxygens (including phenoxy) is 4. The predicted molar refractivity (Wildman–Crippen MR) is 129 cm³/mol. The van der Waals surface area contributed by atoms with E-state index in [-0.39, 0.29) is 41.9 Å². The van der Waals surface area contributed by atoms with Crippen LogP contribution >= 0.6 is 0 Å². The third-order valence-corrected chi connectivity index (χ3v) is 4.60. The molecule has 0 saturated heterocycles. The van der Waals surface area contributed by atoms with E-state index in [4.69, 9.17) is 24.7 Å². The van der Waals surface area contributed by atoms with Gasteiger partial charge in [0.05, 0.1) is 14.2 Å². The Labute approximate surface area is 201 Å². The van der Waals surface area contributed by atoms with Gasteiger partial charge < -0.3 is 35.3 Å². The van der Waals surface area contributed by atoms with E-state index < -0.39 is 11.8 Å². The van der Waals surface area contributed by atoms with Crippen molar-refractivity contribution >= 4 is 29.1 Å². The minimum absolute atomic E-state index is 0.148. The van der Waals surface area contributed by atoms with Crippen LogP contribution in [-0.4, -0.2) is 45.2 Å². The van der Waals surface area contributed by atoms with Crippen molar-refractivity contribution in [2.24, 2.45) is 5.73 Å². The molecule has 0 heterocycles. The van der Waals surface area contributed by atoms with Crippen LogP contribution in [0.4, 0.5) is 11.4 Å². The number of nitrogens with two attached hydrogens (primary N) is 1. The van der Waals surface area contributed by atoms with Crippen LogP contribution in [0.2, 0.25) is 0 Å². The molecule has 10 nitrogen and oxygen atoms in total. The molecule has 3 amide bonds. The molecular formula is C25H25N3O7. The first-order valence-corrected chi connectivity index (χ1v) is 10.5. The van der Waals surface area contributed by atoms with Gasteiger partial charge in [0.1, 0.15) is 5.75 Å². The first kappa shape index (κ1) is 24.9. The van der Waals surface area contributed by atoms with Crippen molar-refractivity contribution in [3.05, 3.63) is 72.3 Å². The summed E-state index contributed by atoms with van der Waals surface area (Å²) in [4.78, 5) is 36.0. The molecule has 0 bridgehead atoms. The van der Waals surface area contributed by atoms with Crippen molar-refractivity contribution in [2.75, 3.05) is 38.1 Å². The minimum Gasteiger partial charge on any atom is -0.493 e. The predicted octanol–water partition coefficient (Wildman–Crippen LogP) is 2.84. The zero-order chi connectivity index (χ0) is 25.2. The molecule has 10 heteroatoms. The fraction of sp³-hybridized carbons (Fsp3) is 0.160. The number of nitrogens with one attached hydrogen (secondary N) is 2. The Balaban J connectivity index is 1.67. The lowest BCUT2D eigenvalue weighted by Gasteiger charge is -2.15. The molecule has 3 aromatic rings. The molecule has 35 heavy (non-hydrogen) atoms. The van der Waals surface area contributed by atoms with Gasteiger partial charge in [0.25, 0.3) is 17.7 Å². The van der Waals surface area contributed by atoms with Gasteiger partial charge in [-0.1, -0.05) is 24.3 Å². The Morgan fingerprint density at radius 3 is 2.06 bits per heavy atom. The second-order valence-corrected chi connectivity index (χ2v) is 7.15. The molecule has 0 fully saturated rings. The number of rotatable bonds is 11.